The highest BCUT2D eigenvalue weighted by atomic mass is 15.3. The van der Waals surface area contributed by atoms with Crippen LogP contribution in [0.3, 0.4) is 0 Å². The molecule has 0 aliphatic carbocycles. The van der Waals surface area contributed by atoms with Crippen molar-refractivity contribution in [3.63, 3.8) is 0 Å². The lowest BCUT2D eigenvalue weighted by Crippen LogP contribution is -2.31. The Kier molecular flexibility index (Phi) is 1.45. The maximum atomic E-state index is 7.23. The van der Waals surface area contributed by atoms with Crippen molar-refractivity contribution in [1.29, 1.82) is 5.41 Å². The zero-order chi connectivity index (χ0) is 7.72. The van der Waals surface area contributed by atoms with Crippen molar-refractivity contribution in [3.05, 3.63) is 23.1 Å². The summed E-state index contributed by atoms with van der Waals surface area (Å²) in [5.74, 6) is 5.42. The van der Waals surface area contributed by atoms with E-state index in [4.69, 9.17) is 11.3 Å². The van der Waals surface area contributed by atoms with E-state index in [1.165, 1.54) is 4.68 Å². The number of nitrogens with two attached hydrogens (primary N) is 1. The molecule has 0 aliphatic heterocycles. The maximum Gasteiger partial charge on any atom is 0.241 e. The van der Waals surface area contributed by atoms with Gasteiger partial charge in [-0.15, -0.1) is 0 Å². The van der Waals surface area contributed by atoms with E-state index in [2.05, 4.69) is 4.98 Å². The van der Waals surface area contributed by atoms with Gasteiger partial charge in [-0.2, -0.15) is 0 Å². The molecule has 0 fully saturated rings. The molecular weight excluding hydrogens is 128 g/mol. The molecule has 0 spiro atoms. The van der Waals surface area contributed by atoms with Crippen LogP contribution in [0.25, 0.3) is 0 Å². The summed E-state index contributed by atoms with van der Waals surface area (Å²) < 4.78 is 1.24. The number of nitrogens with one attached hydrogen (secondary N) is 1. The second-order valence-corrected chi connectivity index (χ2v) is 2.23. The monoisotopic (exact) mass is 138 g/mol. The number of aromatic nitrogens is 2. The molecule has 1 aromatic heterocycles. The molecule has 0 saturated carbocycles. The van der Waals surface area contributed by atoms with Gasteiger partial charge in [-0.1, -0.05) is 0 Å². The average molecular weight is 138 g/mol. The first kappa shape index (κ1) is 6.80. The van der Waals surface area contributed by atoms with E-state index < -0.39 is 0 Å². The van der Waals surface area contributed by atoms with Crippen LogP contribution in [0.5, 0.6) is 0 Å². The quantitative estimate of drug-likeness (QED) is 0.483. The molecule has 0 unspecified atom stereocenters. The number of hydrogen-bond acceptors (Lipinski definition) is 3. The Morgan fingerprint density at radius 3 is 2.70 bits per heavy atom. The number of nitrogen functional groups attached to an aromatic ring is 1. The van der Waals surface area contributed by atoms with Gasteiger partial charge in [0, 0.05) is 11.4 Å². The molecule has 0 saturated heterocycles. The summed E-state index contributed by atoms with van der Waals surface area (Å²) in [6.45, 7) is 3.68. The maximum absolute atomic E-state index is 7.23. The minimum Gasteiger partial charge on any atom is -0.336 e. The first-order valence-corrected chi connectivity index (χ1v) is 2.98. The van der Waals surface area contributed by atoms with E-state index in [0.29, 0.717) is 0 Å². The Morgan fingerprint density at radius 2 is 2.20 bits per heavy atom. The number of hydrogen-bond donors (Lipinski definition) is 2. The van der Waals surface area contributed by atoms with Crippen LogP contribution in [-0.2, 0) is 0 Å². The van der Waals surface area contributed by atoms with Crippen LogP contribution in [-0.4, -0.2) is 9.66 Å². The van der Waals surface area contributed by atoms with E-state index in [1.54, 1.807) is 0 Å². The largest absolute Gasteiger partial charge is 0.336 e. The Labute approximate surface area is 58.8 Å². The molecule has 0 radical (unpaired) electrons. The number of nitrogens with zero attached hydrogens (tertiary/aromatic N) is 2. The normalized spacial score (nSPS) is 9.80. The lowest BCUT2D eigenvalue weighted by molar-refractivity contribution is 0.769. The third kappa shape index (κ3) is 1.00. The van der Waals surface area contributed by atoms with E-state index in [1.807, 2.05) is 19.9 Å². The van der Waals surface area contributed by atoms with Crippen LogP contribution in [0, 0.1) is 19.3 Å². The van der Waals surface area contributed by atoms with Gasteiger partial charge in [0.25, 0.3) is 0 Å². The predicted octanol–water partition coefficient (Wildman–Crippen LogP) is -0.307. The van der Waals surface area contributed by atoms with Crippen molar-refractivity contribution in [2.75, 3.05) is 5.84 Å². The molecule has 54 valence electrons. The zero-order valence-electron chi connectivity index (χ0n) is 6.05. The van der Waals surface area contributed by atoms with Crippen molar-refractivity contribution in [1.82, 2.24) is 9.66 Å². The third-order valence-electron chi connectivity index (χ3n) is 1.31. The summed E-state index contributed by atoms with van der Waals surface area (Å²) in [6.07, 6.45) is 0. The highest BCUT2D eigenvalue weighted by molar-refractivity contribution is 5.05. The Hall–Kier alpha value is -1.32. The Morgan fingerprint density at radius 1 is 1.60 bits per heavy atom. The first-order valence-electron chi connectivity index (χ1n) is 2.98. The fraction of sp³-hybridized carbons (Fsp3) is 0.333. The van der Waals surface area contributed by atoms with Gasteiger partial charge in [-0.25, -0.2) is 9.66 Å². The molecule has 0 atom stereocenters. The molecule has 0 bridgehead atoms. The van der Waals surface area contributed by atoms with Crippen molar-refractivity contribution in [2.24, 2.45) is 0 Å². The van der Waals surface area contributed by atoms with Crippen LogP contribution < -0.4 is 11.5 Å². The third-order valence-corrected chi connectivity index (χ3v) is 1.31. The van der Waals surface area contributed by atoms with Crippen LogP contribution in [0.4, 0.5) is 0 Å². The van der Waals surface area contributed by atoms with Gasteiger partial charge in [-0.3, -0.25) is 5.41 Å². The standard InChI is InChI=1S/C6H10N4/c1-4-3-5(2)10(8)6(7)9-4/h3,7H,8H2,1-2H3. The topological polar surface area (TPSA) is 67.7 Å². The molecule has 3 N–H and O–H groups in total. The second kappa shape index (κ2) is 2.13. The molecule has 0 aromatic carbocycles. The lowest BCUT2D eigenvalue weighted by Gasteiger charge is -2.02. The predicted molar refractivity (Wildman–Crippen MR) is 37.7 cm³/mol. The molecule has 1 rings (SSSR count). The van der Waals surface area contributed by atoms with Crippen LogP contribution >= 0.6 is 0 Å². The van der Waals surface area contributed by atoms with Gasteiger partial charge in [-0.05, 0) is 19.9 Å². The number of aryl methyl sites for hydroxylation is 2. The van der Waals surface area contributed by atoms with Gasteiger partial charge in [0.05, 0.1) is 0 Å². The molecular formula is C6H10N4. The zero-order valence-corrected chi connectivity index (χ0v) is 6.05. The summed E-state index contributed by atoms with van der Waals surface area (Å²) in [5, 5.41) is 7.23. The van der Waals surface area contributed by atoms with Gasteiger partial charge in [0.15, 0.2) is 0 Å². The van der Waals surface area contributed by atoms with E-state index in [9.17, 15) is 0 Å². The minimum absolute atomic E-state index is 0.0949. The van der Waals surface area contributed by atoms with Crippen molar-refractivity contribution < 1.29 is 0 Å². The van der Waals surface area contributed by atoms with Gasteiger partial charge in [0.1, 0.15) is 0 Å². The summed E-state index contributed by atoms with van der Waals surface area (Å²) in [7, 11) is 0. The van der Waals surface area contributed by atoms with E-state index >= 15 is 0 Å². The van der Waals surface area contributed by atoms with Gasteiger partial charge in [0.2, 0.25) is 5.62 Å². The fourth-order valence-electron chi connectivity index (χ4n) is 0.792. The van der Waals surface area contributed by atoms with Gasteiger partial charge < -0.3 is 5.84 Å². The molecule has 4 nitrogen and oxygen atoms in total. The molecule has 1 aromatic rings. The smallest absolute Gasteiger partial charge is 0.241 e. The highest BCUT2D eigenvalue weighted by Gasteiger charge is 1.93. The first-order chi connectivity index (χ1) is 4.61. The van der Waals surface area contributed by atoms with Crippen molar-refractivity contribution in [2.45, 2.75) is 13.8 Å². The Bertz CT molecular complexity index is 299. The number of rotatable bonds is 0. The van der Waals surface area contributed by atoms with Gasteiger partial charge >= 0.3 is 0 Å². The lowest BCUT2D eigenvalue weighted by atomic mass is 10.4. The Balaban J connectivity index is 3.46. The average Bonchev–Trinajstić information content (AvgIpc) is 1.82. The molecule has 10 heavy (non-hydrogen) atoms. The van der Waals surface area contributed by atoms with Crippen molar-refractivity contribution >= 4 is 0 Å². The second-order valence-electron chi connectivity index (χ2n) is 2.23. The van der Waals surface area contributed by atoms with Crippen molar-refractivity contribution in [3.8, 4) is 0 Å². The van der Waals surface area contributed by atoms with Crippen LogP contribution in [0.15, 0.2) is 6.07 Å². The molecule has 0 amide bonds. The summed E-state index contributed by atoms with van der Waals surface area (Å²) in [5.41, 5.74) is 1.76. The fourth-order valence-corrected chi connectivity index (χ4v) is 0.792. The van der Waals surface area contributed by atoms with E-state index in [-0.39, 0.29) is 5.62 Å². The summed E-state index contributed by atoms with van der Waals surface area (Å²) in [6, 6.07) is 1.83. The summed E-state index contributed by atoms with van der Waals surface area (Å²) >= 11 is 0. The molecule has 1 heterocycles. The molecule has 4 heteroatoms. The molecule has 0 aliphatic rings. The van der Waals surface area contributed by atoms with Crippen LogP contribution in [0.2, 0.25) is 0 Å². The summed E-state index contributed by atoms with van der Waals surface area (Å²) in [4.78, 5) is 3.84. The van der Waals surface area contributed by atoms with E-state index in [0.717, 1.165) is 11.4 Å². The van der Waals surface area contributed by atoms with Crippen LogP contribution in [0.1, 0.15) is 11.4 Å². The highest BCUT2D eigenvalue weighted by Crippen LogP contribution is 1.90. The SMILES string of the molecule is Cc1cc(C)n(N)c(=N)n1. The minimum atomic E-state index is 0.0949.